The third-order valence-electron chi connectivity index (χ3n) is 8.75. The van der Waals surface area contributed by atoms with Gasteiger partial charge in [0.1, 0.15) is 12.7 Å². The molecule has 0 aromatic carbocycles. The first kappa shape index (κ1) is 53.6. The lowest BCUT2D eigenvalue weighted by atomic mass is 10.1. The van der Waals surface area contributed by atoms with Crippen molar-refractivity contribution in [3.8, 4) is 0 Å². The number of rotatable bonds is 39. The number of allylic oxidation sites excluding steroid dienone is 9. The molecule has 0 saturated carbocycles. The smallest absolute Gasteiger partial charge is 0.462 e. The Balaban J connectivity index is 4.54. The number of carbonyl (C=O) groups excluding carboxylic acids is 2. The summed E-state index contributed by atoms with van der Waals surface area (Å²) in [5.74, 6) is -1.14. The summed E-state index contributed by atoms with van der Waals surface area (Å²) in [5.41, 5.74) is 0. The van der Waals surface area contributed by atoms with Gasteiger partial charge in [-0.1, -0.05) is 139 Å². The summed E-state index contributed by atoms with van der Waals surface area (Å²) >= 11 is 0. The standard InChI is InChI=1S/C44H77O11P/c1-3-5-7-9-11-13-15-17-18-20-22-24-26-28-30-34-43(48)52-38-42(39-54-56(50,51)53-37-41(47)36-45)55-44(49)35-31-33-40(46)32-29-27-25-23-21-19-16-14-12-10-8-6-4-2/h11,13,17-19,21,25,27,29,32,40-42,45-47H,3-10,12,14-16,20,22-24,26,28,30-31,33-39H2,1-2H3,(H,50,51)/b13-11-,18-17-,21-19+,27-25+,32-29+/t40?,41-,42+/m0/s1. The minimum Gasteiger partial charge on any atom is -0.462 e. The first-order chi connectivity index (χ1) is 27.1. The van der Waals surface area contributed by atoms with E-state index in [0.717, 1.165) is 57.8 Å². The van der Waals surface area contributed by atoms with Gasteiger partial charge in [0, 0.05) is 12.8 Å². The lowest BCUT2D eigenvalue weighted by molar-refractivity contribution is -0.161. The van der Waals surface area contributed by atoms with E-state index < -0.39 is 64.5 Å². The van der Waals surface area contributed by atoms with Crippen LogP contribution < -0.4 is 0 Å². The van der Waals surface area contributed by atoms with Gasteiger partial charge in [-0.3, -0.25) is 18.6 Å². The van der Waals surface area contributed by atoms with Crippen LogP contribution in [-0.2, 0) is 32.7 Å². The molecule has 0 heterocycles. The monoisotopic (exact) mass is 813 g/mol. The van der Waals surface area contributed by atoms with Crippen molar-refractivity contribution in [1.29, 1.82) is 0 Å². The second-order valence-electron chi connectivity index (χ2n) is 14.2. The molecule has 11 nitrogen and oxygen atoms in total. The molecule has 0 spiro atoms. The van der Waals surface area contributed by atoms with Crippen LogP contribution >= 0.6 is 7.82 Å². The summed E-state index contributed by atoms with van der Waals surface area (Å²) in [4.78, 5) is 35.0. The van der Waals surface area contributed by atoms with Gasteiger partial charge in [-0.15, -0.1) is 0 Å². The molecule has 0 bridgehead atoms. The Morgan fingerprint density at radius 2 is 1.12 bits per heavy atom. The van der Waals surface area contributed by atoms with Crippen molar-refractivity contribution in [3.63, 3.8) is 0 Å². The Kier molecular flexibility index (Phi) is 37.8. The number of phosphoric acid groups is 1. The van der Waals surface area contributed by atoms with Crippen LogP contribution in [-0.4, -0.2) is 76.9 Å². The summed E-state index contributed by atoms with van der Waals surface area (Å²) < 4.78 is 32.5. The Morgan fingerprint density at radius 1 is 0.607 bits per heavy atom. The minimum absolute atomic E-state index is 0.0451. The van der Waals surface area contributed by atoms with Gasteiger partial charge in [-0.25, -0.2) is 4.57 Å². The summed E-state index contributed by atoms with van der Waals surface area (Å²) in [5, 5.41) is 28.6. The molecule has 0 aliphatic heterocycles. The zero-order chi connectivity index (χ0) is 41.4. The number of carbonyl (C=O) groups is 2. The molecule has 0 aliphatic carbocycles. The average molecular weight is 813 g/mol. The molecule has 0 aliphatic rings. The molecule has 4 N–H and O–H groups in total. The molecule has 0 aromatic rings. The fraction of sp³-hybridized carbons (Fsp3) is 0.727. The fourth-order valence-electron chi connectivity index (χ4n) is 5.38. The van der Waals surface area contributed by atoms with Crippen LogP contribution in [0.5, 0.6) is 0 Å². The minimum atomic E-state index is -4.67. The molecule has 0 rings (SSSR count). The molecular formula is C44H77O11P. The lowest BCUT2D eigenvalue weighted by Gasteiger charge is -2.20. The quantitative estimate of drug-likeness (QED) is 0.0153. The van der Waals surface area contributed by atoms with Crippen molar-refractivity contribution in [2.45, 2.75) is 180 Å². The molecule has 0 radical (unpaired) electrons. The lowest BCUT2D eigenvalue weighted by Crippen LogP contribution is -2.30. The van der Waals surface area contributed by atoms with Crippen molar-refractivity contribution in [3.05, 3.63) is 60.8 Å². The summed E-state index contributed by atoms with van der Waals surface area (Å²) in [7, 11) is -4.67. The van der Waals surface area contributed by atoms with Gasteiger partial charge in [0.2, 0.25) is 0 Å². The van der Waals surface area contributed by atoms with Crippen LogP contribution in [0.4, 0.5) is 0 Å². The summed E-state index contributed by atoms with van der Waals surface area (Å²) in [6, 6.07) is 0. The molecule has 0 saturated heterocycles. The second kappa shape index (κ2) is 39.5. The number of aliphatic hydroxyl groups is 3. The van der Waals surface area contributed by atoms with Gasteiger partial charge < -0.3 is 29.7 Å². The molecule has 2 unspecified atom stereocenters. The van der Waals surface area contributed by atoms with E-state index in [1.54, 1.807) is 12.2 Å². The largest absolute Gasteiger partial charge is 0.472 e. The molecule has 0 amide bonds. The molecular weight excluding hydrogens is 735 g/mol. The Bertz CT molecular complexity index is 1130. The predicted molar refractivity (Wildman–Crippen MR) is 225 cm³/mol. The SMILES string of the molecule is CCCCC/C=C\C/C=C\CCCCCCCC(=O)OC[C@H](COP(=O)(O)OC[C@@H](O)CO)OC(=O)CCCC(O)/C=C/C=C/C/C=C/CCCCCCCC. The highest BCUT2D eigenvalue weighted by molar-refractivity contribution is 7.47. The van der Waals surface area contributed by atoms with Crippen LogP contribution in [0.25, 0.3) is 0 Å². The summed E-state index contributed by atoms with van der Waals surface area (Å²) in [6.45, 7) is 2.10. The number of aliphatic hydroxyl groups excluding tert-OH is 3. The van der Waals surface area contributed by atoms with Crippen LogP contribution in [0.15, 0.2) is 60.8 Å². The van der Waals surface area contributed by atoms with Gasteiger partial charge in [0.15, 0.2) is 6.10 Å². The third kappa shape index (κ3) is 38.5. The van der Waals surface area contributed by atoms with E-state index >= 15 is 0 Å². The Labute approximate surface area is 338 Å². The van der Waals surface area contributed by atoms with Crippen molar-refractivity contribution in [2.24, 2.45) is 0 Å². The van der Waals surface area contributed by atoms with Crippen LogP contribution in [0.3, 0.4) is 0 Å². The van der Waals surface area contributed by atoms with Gasteiger partial charge in [-0.2, -0.15) is 0 Å². The van der Waals surface area contributed by atoms with E-state index in [4.69, 9.17) is 19.1 Å². The molecule has 0 aromatic heterocycles. The van der Waals surface area contributed by atoms with Crippen molar-refractivity contribution in [2.75, 3.05) is 26.4 Å². The van der Waals surface area contributed by atoms with E-state index in [-0.39, 0.29) is 12.8 Å². The van der Waals surface area contributed by atoms with Crippen LogP contribution in [0.1, 0.15) is 162 Å². The maximum absolute atomic E-state index is 12.6. The summed E-state index contributed by atoms with van der Waals surface area (Å²) in [6.07, 6.45) is 39.3. The van der Waals surface area contributed by atoms with Gasteiger partial charge in [0.05, 0.1) is 25.9 Å². The number of esters is 2. The van der Waals surface area contributed by atoms with E-state index in [2.05, 4.69) is 54.8 Å². The molecule has 4 atom stereocenters. The van der Waals surface area contributed by atoms with Crippen molar-refractivity contribution >= 4 is 19.8 Å². The van der Waals surface area contributed by atoms with Gasteiger partial charge in [-0.05, 0) is 70.6 Å². The average Bonchev–Trinajstić information content (AvgIpc) is 3.18. The number of phosphoric ester groups is 1. The van der Waals surface area contributed by atoms with Crippen LogP contribution in [0, 0.1) is 0 Å². The van der Waals surface area contributed by atoms with E-state index in [1.807, 2.05) is 12.2 Å². The maximum Gasteiger partial charge on any atom is 0.472 e. The molecule has 56 heavy (non-hydrogen) atoms. The van der Waals surface area contributed by atoms with E-state index in [9.17, 15) is 29.3 Å². The highest BCUT2D eigenvalue weighted by atomic mass is 31.2. The zero-order valence-electron chi connectivity index (χ0n) is 34.7. The van der Waals surface area contributed by atoms with E-state index in [1.165, 1.54) is 57.8 Å². The van der Waals surface area contributed by atoms with Crippen molar-refractivity contribution < 1.29 is 52.9 Å². The molecule has 324 valence electrons. The number of ether oxygens (including phenoxy) is 2. The van der Waals surface area contributed by atoms with Crippen LogP contribution in [0.2, 0.25) is 0 Å². The van der Waals surface area contributed by atoms with E-state index in [0.29, 0.717) is 19.3 Å². The van der Waals surface area contributed by atoms with Gasteiger partial charge >= 0.3 is 19.8 Å². The Morgan fingerprint density at radius 3 is 1.75 bits per heavy atom. The highest BCUT2D eigenvalue weighted by Crippen LogP contribution is 2.43. The maximum atomic E-state index is 12.6. The highest BCUT2D eigenvalue weighted by Gasteiger charge is 2.27. The number of hydrogen-bond acceptors (Lipinski definition) is 10. The zero-order valence-corrected chi connectivity index (χ0v) is 35.6. The number of unbranched alkanes of at least 4 members (excludes halogenated alkanes) is 14. The topological polar surface area (TPSA) is 169 Å². The first-order valence-electron chi connectivity index (χ1n) is 21.4. The second-order valence-corrected chi connectivity index (χ2v) is 15.7. The third-order valence-corrected chi connectivity index (χ3v) is 9.70. The van der Waals surface area contributed by atoms with Crippen molar-refractivity contribution in [1.82, 2.24) is 0 Å². The number of hydrogen-bond donors (Lipinski definition) is 4. The molecule has 0 fully saturated rings. The van der Waals surface area contributed by atoms with Gasteiger partial charge in [0.25, 0.3) is 0 Å². The predicted octanol–water partition coefficient (Wildman–Crippen LogP) is 10.1. The fourth-order valence-corrected chi connectivity index (χ4v) is 6.17. The normalized spacial score (nSPS) is 15.0. The first-order valence-corrected chi connectivity index (χ1v) is 22.8. The Hall–Kier alpha value is -2.37. The molecule has 12 heteroatoms.